The second-order valence-electron chi connectivity index (χ2n) is 18.3. The molecule has 15 atom stereocenters. The molecule has 6 aromatic rings. The first-order chi connectivity index (χ1) is 38.3. The van der Waals surface area contributed by atoms with Crippen LogP contribution in [0.4, 0.5) is 23.3 Å². The van der Waals surface area contributed by atoms with Gasteiger partial charge in [-0.15, -0.1) is 0 Å². The monoisotopic (exact) mass is 1220 g/mol. The average Bonchev–Trinajstić information content (AvgIpc) is 4.37. The van der Waals surface area contributed by atoms with Crippen LogP contribution in [0.15, 0.2) is 59.4 Å². The van der Waals surface area contributed by atoms with E-state index in [9.17, 15) is 57.4 Å². The van der Waals surface area contributed by atoms with Gasteiger partial charge in [-0.2, -0.15) is 9.97 Å². The maximum Gasteiger partial charge on any atom is 0.472 e. The van der Waals surface area contributed by atoms with Gasteiger partial charge in [-0.05, 0) is 12.1 Å². The first kappa shape index (κ1) is 58.5. The zero-order chi connectivity index (χ0) is 57.8. The van der Waals surface area contributed by atoms with E-state index in [1.165, 1.54) is 52.6 Å². The van der Waals surface area contributed by atoms with Crippen LogP contribution in [0.2, 0.25) is 0 Å². The third-order valence-electron chi connectivity index (χ3n) is 12.9. The number of ether oxygens (including phenoxy) is 4. The van der Waals surface area contributed by atoms with Gasteiger partial charge < -0.3 is 71.5 Å². The Kier molecular flexibility index (Phi) is 16.7. The van der Waals surface area contributed by atoms with E-state index in [1.54, 1.807) is 0 Å². The number of rotatable bonds is 22. The Hall–Kier alpha value is -5.70. The zero-order valence-corrected chi connectivity index (χ0v) is 44.9. The van der Waals surface area contributed by atoms with Crippen LogP contribution in [0.1, 0.15) is 50.6 Å². The molecule has 3 unspecified atom stereocenters. The number of aliphatic hydroxyl groups is 1. The van der Waals surface area contributed by atoms with Crippen molar-refractivity contribution in [2.24, 2.45) is 0 Å². The van der Waals surface area contributed by atoms with Gasteiger partial charge in [0.15, 0.2) is 22.9 Å². The van der Waals surface area contributed by atoms with E-state index in [-0.39, 0.29) is 58.4 Å². The molecule has 10 heterocycles. The van der Waals surface area contributed by atoms with E-state index in [2.05, 4.69) is 39.9 Å². The molecule has 0 saturated carbocycles. The van der Waals surface area contributed by atoms with Crippen LogP contribution < -0.4 is 34.3 Å². The molecule has 0 aliphatic carbocycles. The number of phosphoric ester groups is 4. The number of aromatic nitrogens is 12. The zero-order valence-electron chi connectivity index (χ0n) is 41.3. The van der Waals surface area contributed by atoms with Crippen LogP contribution in [0.25, 0.3) is 22.3 Å². The van der Waals surface area contributed by atoms with Crippen molar-refractivity contribution in [2.45, 2.75) is 99.4 Å². The minimum absolute atomic E-state index is 0.000818. The van der Waals surface area contributed by atoms with Crippen molar-refractivity contribution in [3.05, 3.63) is 70.8 Å². The van der Waals surface area contributed by atoms with E-state index >= 15 is 0 Å². The maximum atomic E-state index is 14.0. The largest absolute Gasteiger partial charge is 0.472 e. The molecule has 10 rings (SSSR count). The van der Waals surface area contributed by atoms with Gasteiger partial charge in [0.2, 0.25) is 0 Å². The standard InChI is InChI=1S/C38H50N16O23P4/c39-25-1-3-51(37(56)49-25)27-6-18(74-78(58,59)60)22(71-27)10-67-80(63,64)76-19-7-28(52-4-2-26(40)50-38(52)57)72-23(19)11-69-81(65,66)77-20-8-30(54-16-48-32-34(42)44-14-46-36(32)54)73-24(20)12-68-79(61,62)75-17-5-29(70-21(17)9-55)53-15-47-31-33(41)43-13-45-35(31)53/h1-4,13-24,27-30,55H,5-12H2,(H,61,62)(H,63,64)(H,65,66)(H2,39,49,56)(H2,40,50,57)(H2,41,43,45)(H2,42,44,46)(H2,58,59,60)/t17-,18-,19-,20-,21+,22+,23+,24+,27+,28+,29+,30+/m0/s1. The van der Waals surface area contributed by atoms with Gasteiger partial charge in [0.05, 0.1) is 39.1 Å². The molecule has 0 aromatic carbocycles. The van der Waals surface area contributed by atoms with Crippen LogP contribution in [-0.4, -0.2) is 163 Å². The highest BCUT2D eigenvalue weighted by molar-refractivity contribution is 7.48. The van der Waals surface area contributed by atoms with E-state index in [0.29, 0.717) is 0 Å². The van der Waals surface area contributed by atoms with Crippen LogP contribution in [0.5, 0.6) is 0 Å². The molecule has 0 amide bonds. The molecule has 6 aromatic heterocycles. The molecule has 4 saturated heterocycles. The highest BCUT2D eigenvalue weighted by atomic mass is 31.2. The molecule has 39 nitrogen and oxygen atoms in total. The number of aliphatic hydroxyl groups excluding tert-OH is 1. The number of nitrogen functional groups attached to an aromatic ring is 4. The number of anilines is 4. The van der Waals surface area contributed by atoms with Gasteiger partial charge in [0, 0.05) is 38.1 Å². The molecule has 0 spiro atoms. The van der Waals surface area contributed by atoms with Gasteiger partial charge in [-0.3, -0.25) is 49.9 Å². The molecule has 0 bridgehead atoms. The van der Waals surface area contributed by atoms with Crippen molar-refractivity contribution < 1.29 is 98.4 Å². The molecule has 4 aliphatic heterocycles. The Bertz CT molecular complexity index is 3610. The highest BCUT2D eigenvalue weighted by Gasteiger charge is 2.49. The SMILES string of the molecule is Nc1ccn([C@H]2C[C@H](OP(=O)(O)O)[C@@H](COP(=O)(O)O[C@H]3C[C@H](n4ccc(N)nc4=O)O[C@@H]3COP(=O)(O)O[C@H]3C[C@H](n4cnc5c(N)ncnc54)O[C@@H]3COP(=O)(O)O[C@H]3C[C@H](n4cnc5c(N)ncnc54)O[C@@H]3CO)O2)c(=O)n1. The van der Waals surface area contributed by atoms with Gasteiger partial charge in [0.25, 0.3) is 0 Å². The van der Waals surface area contributed by atoms with E-state index in [0.717, 1.165) is 15.5 Å². The summed E-state index contributed by atoms with van der Waals surface area (Å²) in [6.45, 7) is -3.48. The lowest BCUT2D eigenvalue weighted by molar-refractivity contribution is -0.0630. The van der Waals surface area contributed by atoms with Crippen LogP contribution >= 0.6 is 31.3 Å². The maximum absolute atomic E-state index is 14.0. The van der Waals surface area contributed by atoms with Crippen molar-refractivity contribution in [1.82, 2.24) is 58.1 Å². The number of imidazole rings is 2. The van der Waals surface area contributed by atoms with Gasteiger partial charge >= 0.3 is 42.7 Å². The second-order valence-corrected chi connectivity index (χ2v) is 23.7. The van der Waals surface area contributed by atoms with Crippen molar-refractivity contribution in [3.63, 3.8) is 0 Å². The predicted octanol–water partition coefficient (Wildman–Crippen LogP) is -1.36. The highest BCUT2D eigenvalue weighted by Crippen LogP contribution is 2.54. The minimum Gasteiger partial charge on any atom is -0.394 e. The minimum atomic E-state index is -5.38. The predicted molar refractivity (Wildman–Crippen MR) is 265 cm³/mol. The quantitative estimate of drug-likeness (QED) is 0.0351. The summed E-state index contributed by atoms with van der Waals surface area (Å²) in [5.74, 6) is -0.232. The number of nitrogens with zero attached hydrogens (tertiary/aromatic N) is 12. The summed E-state index contributed by atoms with van der Waals surface area (Å²) < 4.78 is 119. The molecule has 43 heteroatoms. The van der Waals surface area contributed by atoms with E-state index in [4.69, 9.17) is 73.5 Å². The lowest BCUT2D eigenvalue weighted by Gasteiger charge is -2.25. The van der Waals surface area contributed by atoms with Gasteiger partial charge in [-0.25, -0.2) is 57.8 Å². The van der Waals surface area contributed by atoms with E-state index in [1.807, 2.05) is 0 Å². The van der Waals surface area contributed by atoms with Crippen LogP contribution in [0.3, 0.4) is 0 Å². The Labute approximate surface area is 452 Å². The number of fused-ring (bicyclic) bond motifs is 2. The number of phosphoric acid groups is 4. The normalized spacial score (nSPS) is 29.3. The van der Waals surface area contributed by atoms with Crippen molar-refractivity contribution in [3.8, 4) is 0 Å². The second kappa shape index (κ2) is 23.2. The summed E-state index contributed by atoms with van der Waals surface area (Å²) in [5.41, 5.74) is 22.1. The Morgan fingerprint density at radius 2 is 0.852 bits per heavy atom. The Morgan fingerprint density at radius 3 is 1.21 bits per heavy atom. The topological polar surface area (TPSA) is 552 Å². The summed E-state index contributed by atoms with van der Waals surface area (Å²) >= 11 is 0. The number of nitrogens with two attached hydrogens (primary N) is 4. The summed E-state index contributed by atoms with van der Waals surface area (Å²) in [7, 11) is -21.1. The van der Waals surface area contributed by atoms with E-state index < -0.39 is 156 Å². The Morgan fingerprint density at radius 1 is 0.506 bits per heavy atom. The molecule has 440 valence electrons. The smallest absolute Gasteiger partial charge is 0.394 e. The third kappa shape index (κ3) is 13.4. The average molecular weight is 1220 g/mol. The van der Waals surface area contributed by atoms with Crippen molar-refractivity contribution in [2.75, 3.05) is 49.4 Å². The first-order valence-electron chi connectivity index (χ1n) is 23.8. The molecule has 81 heavy (non-hydrogen) atoms. The molecular weight excluding hydrogens is 1170 g/mol. The molecule has 4 aliphatic rings. The van der Waals surface area contributed by atoms with Gasteiger partial charge in [0.1, 0.15) is 109 Å². The fourth-order valence-electron chi connectivity index (χ4n) is 9.28. The summed E-state index contributed by atoms with van der Waals surface area (Å²) in [6, 6.07) is 2.47. The molecule has 4 fully saturated rings. The fourth-order valence-corrected chi connectivity index (χ4v) is 12.7. The van der Waals surface area contributed by atoms with Crippen LogP contribution in [0, 0.1) is 0 Å². The summed E-state index contributed by atoms with van der Waals surface area (Å²) in [5, 5.41) is 10.2. The Balaban J connectivity index is 0.832. The third-order valence-corrected chi connectivity index (χ3v) is 16.5. The lowest BCUT2D eigenvalue weighted by Crippen LogP contribution is -2.32. The lowest BCUT2D eigenvalue weighted by atomic mass is 10.2. The summed E-state index contributed by atoms with van der Waals surface area (Å²) in [6.07, 6.45) is -10.5. The van der Waals surface area contributed by atoms with Crippen molar-refractivity contribution >= 4 is 76.9 Å². The summed E-state index contributed by atoms with van der Waals surface area (Å²) in [4.78, 5) is 110. The number of hydrogen-bond acceptors (Lipinski definition) is 30. The van der Waals surface area contributed by atoms with Crippen molar-refractivity contribution in [1.29, 1.82) is 0 Å². The first-order valence-corrected chi connectivity index (χ1v) is 29.8. The number of hydrogen-bond donors (Lipinski definition) is 10. The van der Waals surface area contributed by atoms with Gasteiger partial charge in [-0.1, -0.05) is 0 Å². The molecule has 0 radical (unpaired) electrons. The molecule has 14 N–H and O–H groups in total. The molecular formula is C38H50N16O23P4. The van der Waals surface area contributed by atoms with Crippen LogP contribution in [-0.2, 0) is 68.9 Å². The fraction of sp³-hybridized carbons (Fsp3) is 0.526.